The van der Waals surface area contributed by atoms with Crippen molar-refractivity contribution in [3.05, 3.63) is 29.6 Å². The molecule has 3 nitrogen and oxygen atoms in total. The molecule has 0 spiro atoms. The molecule has 1 N–H and O–H groups in total. The monoisotopic (exact) mass is 288 g/mol. The Bertz CT molecular complexity index is 476. The number of carboxylic acids is 1. The van der Waals surface area contributed by atoms with Crippen LogP contribution in [-0.2, 0) is 10.7 Å². The molecule has 0 saturated heterocycles. The van der Waals surface area contributed by atoms with Gasteiger partial charge in [0.1, 0.15) is 11.6 Å². The van der Waals surface area contributed by atoms with Gasteiger partial charge in [0.25, 0.3) is 6.36 Å². The fourth-order valence-corrected chi connectivity index (χ4v) is 1.14. The molecule has 0 aliphatic carbocycles. The lowest BCUT2D eigenvalue weighted by atomic mass is 10.1. The zero-order valence-corrected chi connectivity index (χ0v) is 8.92. The van der Waals surface area contributed by atoms with Gasteiger partial charge < -0.3 is 9.84 Å². The first-order valence-corrected chi connectivity index (χ1v) is 4.66. The van der Waals surface area contributed by atoms with E-state index < -0.39 is 41.8 Å². The van der Waals surface area contributed by atoms with Gasteiger partial charge in [0, 0.05) is 6.07 Å². The Balaban J connectivity index is 3.22. The van der Waals surface area contributed by atoms with E-state index in [0.717, 1.165) is 0 Å². The lowest BCUT2D eigenvalue weighted by molar-refractivity contribution is -0.166. The standard InChI is InChI=1S/C10H6F6O3/c11-4-1-2-5(10(15,16)9(17)18)6(3-4)19-8(14)7(12)13/h1-3,7-8H,(H,17,18). The molecule has 9 heteroatoms. The number of hydrogen-bond donors (Lipinski definition) is 1. The number of ether oxygens (including phenoxy) is 1. The largest absolute Gasteiger partial charge is 0.477 e. The Morgan fingerprint density at radius 3 is 2.32 bits per heavy atom. The minimum absolute atomic E-state index is 0.196. The van der Waals surface area contributed by atoms with Crippen LogP contribution in [0.1, 0.15) is 5.56 Å². The summed E-state index contributed by atoms with van der Waals surface area (Å²) < 4.78 is 79.5. The second-order valence-corrected chi connectivity index (χ2v) is 3.32. The fraction of sp³-hybridized carbons (Fsp3) is 0.300. The van der Waals surface area contributed by atoms with E-state index in [0.29, 0.717) is 12.1 Å². The van der Waals surface area contributed by atoms with E-state index in [4.69, 9.17) is 5.11 Å². The molecule has 0 heterocycles. The van der Waals surface area contributed by atoms with E-state index in [2.05, 4.69) is 4.74 Å². The van der Waals surface area contributed by atoms with Gasteiger partial charge in [-0.3, -0.25) is 0 Å². The SMILES string of the molecule is O=C(O)C(F)(F)c1ccc(F)cc1OC(F)C(F)F. The van der Waals surface area contributed by atoms with Crippen molar-refractivity contribution in [3.8, 4) is 5.75 Å². The molecule has 1 unspecified atom stereocenters. The minimum Gasteiger partial charge on any atom is -0.477 e. The molecule has 19 heavy (non-hydrogen) atoms. The van der Waals surface area contributed by atoms with Gasteiger partial charge in [-0.15, -0.1) is 0 Å². The number of carbonyl (C=O) groups is 1. The third-order valence-corrected chi connectivity index (χ3v) is 1.99. The Hall–Kier alpha value is -1.93. The van der Waals surface area contributed by atoms with E-state index in [-0.39, 0.29) is 6.07 Å². The van der Waals surface area contributed by atoms with Crippen molar-refractivity contribution in [3.63, 3.8) is 0 Å². The van der Waals surface area contributed by atoms with Crippen LogP contribution in [-0.4, -0.2) is 23.9 Å². The van der Waals surface area contributed by atoms with Crippen LogP contribution in [0, 0.1) is 5.82 Å². The molecule has 0 fully saturated rings. The van der Waals surface area contributed by atoms with Crippen molar-refractivity contribution in [1.29, 1.82) is 0 Å². The van der Waals surface area contributed by atoms with E-state index in [1.165, 1.54) is 0 Å². The lowest BCUT2D eigenvalue weighted by Crippen LogP contribution is -2.28. The average Bonchev–Trinajstić information content (AvgIpc) is 2.28. The zero-order valence-electron chi connectivity index (χ0n) is 8.92. The van der Waals surface area contributed by atoms with Crippen LogP contribution < -0.4 is 4.74 Å². The van der Waals surface area contributed by atoms with Gasteiger partial charge in [-0.25, -0.2) is 18.0 Å². The van der Waals surface area contributed by atoms with Gasteiger partial charge in [-0.1, -0.05) is 0 Å². The van der Waals surface area contributed by atoms with Gasteiger partial charge in [0.05, 0.1) is 5.56 Å². The van der Waals surface area contributed by atoms with Crippen LogP contribution in [0.15, 0.2) is 18.2 Å². The average molecular weight is 288 g/mol. The number of aliphatic carboxylic acids is 1. The number of rotatable bonds is 5. The summed E-state index contributed by atoms with van der Waals surface area (Å²) in [6.45, 7) is 0. The molecular formula is C10H6F6O3. The highest BCUT2D eigenvalue weighted by atomic mass is 19.3. The van der Waals surface area contributed by atoms with E-state index in [1.807, 2.05) is 0 Å². The first kappa shape index (κ1) is 15.1. The van der Waals surface area contributed by atoms with Gasteiger partial charge in [0.15, 0.2) is 0 Å². The van der Waals surface area contributed by atoms with E-state index in [1.54, 1.807) is 0 Å². The fourth-order valence-electron chi connectivity index (χ4n) is 1.14. The van der Waals surface area contributed by atoms with E-state index in [9.17, 15) is 31.1 Å². The molecule has 0 aliphatic rings. The number of hydrogen-bond acceptors (Lipinski definition) is 2. The predicted octanol–water partition coefficient (Wildman–Crippen LogP) is 2.94. The summed E-state index contributed by atoms with van der Waals surface area (Å²) in [6, 6.07) is 0.979. The summed E-state index contributed by atoms with van der Waals surface area (Å²) >= 11 is 0. The summed E-state index contributed by atoms with van der Waals surface area (Å²) in [6.07, 6.45) is -6.94. The summed E-state index contributed by atoms with van der Waals surface area (Å²) in [7, 11) is 0. The molecule has 0 radical (unpaired) electrons. The molecular weight excluding hydrogens is 282 g/mol. The number of alkyl halides is 5. The molecule has 106 valence electrons. The minimum atomic E-state index is -4.54. The lowest BCUT2D eigenvalue weighted by Gasteiger charge is -2.18. The normalized spacial score (nSPS) is 13.4. The molecule has 1 aromatic carbocycles. The molecule has 0 saturated carbocycles. The molecule has 0 aromatic heterocycles. The second-order valence-electron chi connectivity index (χ2n) is 3.32. The van der Waals surface area contributed by atoms with Crippen molar-refractivity contribution >= 4 is 5.97 Å². The third kappa shape index (κ3) is 3.30. The van der Waals surface area contributed by atoms with Crippen LogP contribution in [0.2, 0.25) is 0 Å². The van der Waals surface area contributed by atoms with Crippen LogP contribution in [0.5, 0.6) is 5.75 Å². The van der Waals surface area contributed by atoms with Crippen LogP contribution in [0.3, 0.4) is 0 Å². The van der Waals surface area contributed by atoms with Gasteiger partial charge in [-0.05, 0) is 12.1 Å². The summed E-state index contributed by atoms with van der Waals surface area (Å²) in [4.78, 5) is 10.3. The highest BCUT2D eigenvalue weighted by Gasteiger charge is 2.44. The topological polar surface area (TPSA) is 46.5 Å². The Morgan fingerprint density at radius 1 is 1.26 bits per heavy atom. The highest BCUT2D eigenvalue weighted by molar-refractivity contribution is 5.78. The third-order valence-electron chi connectivity index (χ3n) is 1.99. The molecule has 0 bridgehead atoms. The van der Waals surface area contributed by atoms with Crippen molar-refractivity contribution in [2.45, 2.75) is 18.7 Å². The Morgan fingerprint density at radius 2 is 1.84 bits per heavy atom. The van der Waals surface area contributed by atoms with Crippen molar-refractivity contribution in [2.24, 2.45) is 0 Å². The summed E-state index contributed by atoms with van der Waals surface area (Å²) in [5.74, 6) is -9.64. The first-order valence-electron chi connectivity index (χ1n) is 4.66. The van der Waals surface area contributed by atoms with Crippen molar-refractivity contribution in [2.75, 3.05) is 0 Å². The molecule has 1 rings (SSSR count). The van der Waals surface area contributed by atoms with E-state index >= 15 is 0 Å². The maximum Gasteiger partial charge on any atom is 0.379 e. The first-order chi connectivity index (χ1) is 8.66. The van der Waals surface area contributed by atoms with Crippen LogP contribution >= 0.6 is 0 Å². The highest BCUT2D eigenvalue weighted by Crippen LogP contribution is 2.36. The van der Waals surface area contributed by atoms with Crippen LogP contribution in [0.4, 0.5) is 26.3 Å². The summed E-state index contributed by atoms with van der Waals surface area (Å²) in [5, 5.41) is 8.29. The smallest absolute Gasteiger partial charge is 0.379 e. The molecule has 0 amide bonds. The zero-order chi connectivity index (χ0) is 14.8. The molecule has 1 aromatic rings. The maximum atomic E-state index is 13.2. The van der Waals surface area contributed by atoms with Gasteiger partial charge in [0.2, 0.25) is 0 Å². The van der Waals surface area contributed by atoms with Crippen molar-refractivity contribution in [1.82, 2.24) is 0 Å². The van der Waals surface area contributed by atoms with Gasteiger partial charge >= 0.3 is 18.3 Å². The number of carboxylic acid groups (broad SMARTS) is 1. The van der Waals surface area contributed by atoms with Crippen LogP contribution in [0.25, 0.3) is 0 Å². The Kier molecular flexibility index (Phi) is 4.28. The van der Waals surface area contributed by atoms with Gasteiger partial charge in [-0.2, -0.15) is 13.2 Å². The number of halogens is 6. The number of benzene rings is 1. The quantitative estimate of drug-likeness (QED) is 0.847. The maximum absolute atomic E-state index is 13.2. The molecule has 0 aliphatic heterocycles. The molecule has 1 atom stereocenters. The summed E-state index contributed by atoms with van der Waals surface area (Å²) in [5.41, 5.74) is -1.43. The van der Waals surface area contributed by atoms with Crippen molar-refractivity contribution < 1.29 is 41.0 Å². The second kappa shape index (κ2) is 5.37. The predicted molar refractivity (Wildman–Crippen MR) is 49.5 cm³/mol. The Labute approximate surface area is 102 Å².